The number of aliphatic carboxylic acids is 1. The second-order valence-electron chi connectivity index (χ2n) is 6.04. The molecule has 1 atom stereocenters. The molecular formula is C16H34O2. The summed E-state index contributed by atoms with van der Waals surface area (Å²) in [6, 6.07) is 0. The van der Waals surface area contributed by atoms with E-state index in [1.165, 1.54) is 12.8 Å². The van der Waals surface area contributed by atoms with Crippen molar-refractivity contribution in [3.8, 4) is 0 Å². The molecule has 2 nitrogen and oxygen atoms in total. The first-order valence-electron chi connectivity index (χ1n) is 7.48. The third-order valence-corrected chi connectivity index (χ3v) is 3.67. The van der Waals surface area contributed by atoms with E-state index >= 15 is 0 Å². The van der Waals surface area contributed by atoms with Crippen LogP contribution in [0.25, 0.3) is 0 Å². The second kappa shape index (κ2) is 11.6. The van der Waals surface area contributed by atoms with E-state index in [2.05, 4.69) is 34.6 Å². The van der Waals surface area contributed by atoms with Crippen LogP contribution in [0.15, 0.2) is 0 Å². The average Bonchev–Trinajstić information content (AvgIpc) is 2.27. The van der Waals surface area contributed by atoms with Crippen LogP contribution in [0.1, 0.15) is 74.1 Å². The van der Waals surface area contributed by atoms with Crippen LogP contribution < -0.4 is 0 Å². The number of hydrogen-bond acceptors (Lipinski definition) is 1. The van der Waals surface area contributed by atoms with Crippen LogP contribution in [-0.4, -0.2) is 11.1 Å². The standard InChI is InChI=1S/C10H22.C6H12O2/c1-8(2)6-7-10(5)9(3)4;1-3-5(4-2)6(7)8/h8-10H,6-7H2,1-5H3;5H,3-4H2,1-2H3,(H,7,8)/t10-;/m1./s1. The Labute approximate surface area is 114 Å². The molecule has 0 amide bonds. The van der Waals surface area contributed by atoms with Gasteiger partial charge in [-0.2, -0.15) is 0 Å². The van der Waals surface area contributed by atoms with Gasteiger partial charge in [0.2, 0.25) is 0 Å². The summed E-state index contributed by atoms with van der Waals surface area (Å²) in [5.74, 6) is 1.84. The minimum absolute atomic E-state index is 0.130. The molecule has 0 saturated heterocycles. The van der Waals surface area contributed by atoms with Crippen molar-refractivity contribution in [1.29, 1.82) is 0 Å². The Hall–Kier alpha value is -0.530. The van der Waals surface area contributed by atoms with Gasteiger partial charge in [-0.05, 0) is 30.6 Å². The number of rotatable bonds is 7. The quantitative estimate of drug-likeness (QED) is 0.679. The van der Waals surface area contributed by atoms with Gasteiger partial charge in [0.15, 0.2) is 0 Å². The number of carboxylic acids is 1. The first kappa shape index (κ1) is 19.8. The molecule has 0 bridgehead atoms. The van der Waals surface area contributed by atoms with Gasteiger partial charge < -0.3 is 5.11 Å². The topological polar surface area (TPSA) is 37.3 Å². The zero-order valence-electron chi connectivity index (χ0n) is 13.5. The highest BCUT2D eigenvalue weighted by atomic mass is 16.4. The van der Waals surface area contributed by atoms with Crippen molar-refractivity contribution < 1.29 is 9.90 Å². The number of carboxylic acid groups (broad SMARTS) is 1. The maximum Gasteiger partial charge on any atom is 0.306 e. The first-order valence-corrected chi connectivity index (χ1v) is 7.48. The third-order valence-electron chi connectivity index (χ3n) is 3.67. The van der Waals surface area contributed by atoms with E-state index in [0.717, 1.165) is 30.6 Å². The van der Waals surface area contributed by atoms with Gasteiger partial charge >= 0.3 is 5.97 Å². The summed E-state index contributed by atoms with van der Waals surface area (Å²) >= 11 is 0. The normalized spacial score (nSPS) is 12.6. The van der Waals surface area contributed by atoms with E-state index in [1.54, 1.807) is 0 Å². The summed E-state index contributed by atoms with van der Waals surface area (Å²) in [6.45, 7) is 15.4. The minimum atomic E-state index is -0.671. The predicted octanol–water partition coefficient (Wildman–Crippen LogP) is 5.22. The molecule has 0 aliphatic carbocycles. The molecule has 0 saturated carbocycles. The van der Waals surface area contributed by atoms with Crippen molar-refractivity contribution in [2.24, 2.45) is 23.7 Å². The molecule has 0 radical (unpaired) electrons. The smallest absolute Gasteiger partial charge is 0.306 e. The van der Waals surface area contributed by atoms with Crippen molar-refractivity contribution >= 4 is 5.97 Å². The highest BCUT2D eigenvalue weighted by molar-refractivity contribution is 5.69. The molecule has 1 N–H and O–H groups in total. The zero-order chi connectivity index (χ0) is 14.7. The summed E-state index contributed by atoms with van der Waals surface area (Å²) in [4.78, 5) is 10.2. The van der Waals surface area contributed by atoms with Gasteiger partial charge in [-0.25, -0.2) is 0 Å². The zero-order valence-corrected chi connectivity index (χ0v) is 13.5. The van der Waals surface area contributed by atoms with Crippen molar-refractivity contribution in [3.63, 3.8) is 0 Å². The molecular weight excluding hydrogens is 224 g/mol. The van der Waals surface area contributed by atoms with Crippen molar-refractivity contribution in [2.75, 3.05) is 0 Å². The van der Waals surface area contributed by atoms with E-state index in [4.69, 9.17) is 5.11 Å². The van der Waals surface area contributed by atoms with E-state index < -0.39 is 5.97 Å². The Balaban J connectivity index is 0. The van der Waals surface area contributed by atoms with E-state index in [-0.39, 0.29) is 5.92 Å². The molecule has 0 aromatic heterocycles. The summed E-state index contributed by atoms with van der Waals surface area (Å²) in [5, 5.41) is 8.37. The summed E-state index contributed by atoms with van der Waals surface area (Å²) in [7, 11) is 0. The maximum atomic E-state index is 10.2. The van der Waals surface area contributed by atoms with Gasteiger partial charge in [-0.1, -0.05) is 61.3 Å². The fourth-order valence-electron chi connectivity index (χ4n) is 1.57. The summed E-state index contributed by atoms with van der Waals surface area (Å²) in [5.41, 5.74) is 0. The van der Waals surface area contributed by atoms with E-state index in [1.807, 2.05) is 13.8 Å². The monoisotopic (exact) mass is 258 g/mol. The van der Waals surface area contributed by atoms with Crippen LogP contribution in [-0.2, 0) is 4.79 Å². The van der Waals surface area contributed by atoms with Crippen LogP contribution in [0.2, 0.25) is 0 Å². The van der Waals surface area contributed by atoms with Gasteiger partial charge in [0.1, 0.15) is 0 Å². The number of carbonyl (C=O) groups is 1. The lowest BCUT2D eigenvalue weighted by atomic mass is 9.91. The SMILES string of the molecule is CC(C)CC[C@@H](C)C(C)C.CCC(CC)C(=O)O. The second-order valence-corrected chi connectivity index (χ2v) is 6.04. The third kappa shape index (κ3) is 11.9. The first-order chi connectivity index (χ1) is 8.26. The lowest BCUT2D eigenvalue weighted by Crippen LogP contribution is -2.10. The molecule has 0 unspecified atom stereocenters. The molecule has 0 rings (SSSR count). The molecule has 0 fully saturated rings. The van der Waals surface area contributed by atoms with Gasteiger partial charge in [0.05, 0.1) is 5.92 Å². The predicted molar refractivity (Wildman–Crippen MR) is 79.8 cm³/mol. The van der Waals surface area contributed by atoms with Gasteiger partial charge in [0.25, 0.3) is 0 Å². The Morgan fingerprint density at radius 2 is 1.39 bits per heavy atom. The number of hydrogen-bond donors (Lipinski definition) is 1. The molecule has 0 aliphatic heterocycles. The van der Waals surface area contributed by atoms with Crippen molar-refractivity contribution in [1.82, 2.24) is 0 Å². The van der Waals surface area contributed by atoms with Gasteiger partial charge in [0, 0.05) is 0 Å². The highest BCUT2D eigenvalue weighted by Gasteiger charge is 2.10. The lowest BCUT2D eigenvalue weighted by Gasteiger charge is -2.15. The molecule has 0 aromatic carbocycles. The van der Waals surface area contributed by atoms with E-state index in [0.29, 0.717) is 0 Å². The Morgan fingerprint density at radius 3 is 1.56 bits per heavy atom. The fraction of sp³-hybridized carbons (Fsp3) is 0.938. The van der Waals surface area contributed by atoms with Crippen LogP contribution in [0.5, 0.6) is 0 Å². The molecule has 0 heterocycles. The molecule has 0 aromatic rings. The molecule has 0 aliphatic rings. The maximum absolute atomic E-state index is 10.2. The highest BCUT2D eigenvalue weighted by Crippen LogP contribution is 2.18. The van der Waals surface area contributed by atoms with Crippen molar-refractivity contribution in [2.45, 2.75) is 74.1 Å². The molecule has 18 heavy (non-hydrogen) atoms. The minimum Gasteiger partial charge on any atom is -0.481 e. The Morgan fingerprint density at radius 1 is 0.944 bits per heavy atom. The molecule has 2 heteroatoms. The van der Waals surface area contributed by atoms with Crippen molar-refractivity contribution in [3.05, 3.63) is 0 Å². The molecule has 110 valence electrons. The average molecular weight is 258 g/mol. The van der Waals surface area contributed by atoms with Crippen LogP contribution in [0, 0.1) is 23.7 Å². The van der Waals surface area contributed by atoms with E-state index in [9.17, 15) is 4.79 Å². The largest absolute Gasteiger partial charge is 0.481 e. The molecule has 0 spiro atoms. The summed E-state index contributed by atoms with van der Waals surface area (Å²) < 4.78 is 0. The lowest BCUT2D eigenvalue weighted by molar-refractivity contribution is -0.141. The van der Waals surface area contributed by atoms with Crippen LogP contribution in [0.3, 0.4) is 0 Å². The van der Waals surface area contributed by atoms with Crippen LogP contribution in [0.4, 0.5) is 0 Å². The summed E-state index contributed by atoms with van der Waals surface area (Å²) in [6.07, 6.45) is 4.27. The van der Waals surface area contributed by atoms with Crippen LogP contribution >= 0.6 is 0 Å². The van der Waals surface area contributed by atoms with Gasteiger partial charge in [-0.15, -0.1) is 0 Å². The Kier molecular flexibility index (Phi) is 12.7. The van der Waals surface area contributed by atoms with Gasteiger partial charge in [-0.3, -0.25) is 4.79 Å². The Bertz CT molecular complexity index is 193. The fourth-order valence-corrected chi connectivity index (χ4v) is 1.57.